The van der Waals surface area contributed by atoms with Gasteiger partial charge in [0.15, 0.2) is 0 Å². The van der Waals surface area contributed by atoms with E-state index in [4.69, 9.17) is 20.6 Å². The average molecular weight is 558 g/mol. The molecule has 0 saturated carbocycles. The number of pyridine rings is 2. The zero-order valence-electron chi connectivity index (χ0n) is 15.6. The van der Waals surface area contributed by atoms with Crippen LogP contribution in [0.25, 0.3) is 33.1 Å². The van der Waals surface area contributed by atoms with E-state index in [2.05, 4.69) is 12.1 Å². The van der Waals surface area contributed by atoms with Gasteiger partial charge in [0.05, 0.1) is 11.4 Å². The third-order valence-electron chi connectivity index (χ3n) is 4.80. The molecule has 0 radical (unpaired) electrons. The van der Waals surface area contributed by atoms with E-state index in [0.717, 1.165) is 45.3 Å². The molecule has 0 amide bonds. The molecule has 4 nitrogen and oxygen atoms in total. The minimum Gasteiger partial charge on any atom is -0.679 e. The first kappa shape index (κ1) is 19.3. The Labute approximate surface area is 184 Å². The molecule has 1 aliphatic heterocycles. The van der Waals surface area contributed by atoms with E-state index in [0.29, 0.717) is 13.1 Å². The Bertz CT molecular complexity index is 1050. The molecule has 0 fully saturated rings. The molecule has 29 heavy (non-hydrogen) atoms. The summed E-state index contributed by atoms with van der Waals surface area (Å²) in [5.74, 6) is 0. The van der Waals surface area contributed by atoms with E-state index >= 15 is 0 Å². The van der Waals surface area contributed by atoms with Gasteiger partial charge in [0.2, 0.25) is 0 Å². The van der Waals surface area contributed by atoms with Crippen molar-refractivity contribution in [2.75, 3.05) is 0 Å². The predicted molar refractivity (Wildman–Crippen MR) is 113 cm³/mol. The van der Waals surface area contributed by atoms with Gasteiger partial charge in [0.1, 0.15) is 0 Å². The summed E-state index contributed by atoms with van der Waals surface area (Å²) in [6.45, 7) is 1.04. The van der Waals surface area contributed by atoms with E-state index in [1.165, 1.54) is 0 Å². The topological polar surface area (TPSA) is 54.0 Å². The number of hydrogen-bond donors (Lipinski definition) is 0. The molecule has 0 unspecified atom stereocenters. The molecule has 5 heteroatoms. The van der Waals surface area contributed by atoms with Crippen LogP contribution in [0.1, 0.15) is 11.4 Å². The molecule has 0 aliphatic carbocycles. The van der Waals surface area contributed by atoms with Gasteiger partial charge in [0, 0.05) is 11.4 Å². The number of aromatic nitrogens is 2. The van der Waals surface area contributed by atoms with Crippen LogP contribution in [0.2, 0.25) is 0 Å². The Balaban J connectivity index is 0.00000205. The zero-order chi connectivity index (χ0) is 18.8. The van der Waals surface area contributed by atoms with Gasteiger partial charge in [-0.25, -0.2) is 0 Å². The molecule has 2 aromatic carbocycles. The molecule has 0 N–H and O–H groups in total. The van der Waals surface area contributed by atoms with Crippen molar-refractivity contribution in [1.29, 1.82) is 0 Å². The van der Waals surface area contributed by atoms with Crippen LogP contribution in [-0.2, 0) is 34.2 Å². The summed E-state index contributed by atoms with van der Waals surface area (Å²) in [5.41, 5.74) is 7.60. The van der Waals surface area contributed by atoms with E-state index < -0.39 is 0 Å². The smallest absolute Gasteiger partial charge is 0.679 e. The van der Waals surface area contributed by atoms with Crippen LogP contribution < -0.4 is 0 Å². The second-order valence-electron chi connectivity index (χ2n) is 6.70. The van der Waals surface area contributed by atoms with Crippen LogP contribution in [0.4, 0.5) is 11.4 Å². The van der Waals surface area contributed by atoms with E-state index in [-0.39, 0.29) is 21.1 Å². The molecule has 3 heterocycles. The van der Waals surface area contributed by atoms with Crippen LogP contribution in [0, 0.1) is 0 Å². The average Bonchev–Trinajstić information content (AvgIpc) is 2.77. The van der Waals surface area contributed by atoms with Crippen LogP contribution in [-0.4, -0.2) is 9.97 Å². The molecule has 5 rings (SSSR count). The van der Waals surface area contributed by atoms with E-state index in [1.807, 2.05) is 72.8 Å². The van der Waals surface area contributed by atoms with Crippen LogP contribution in [0.5, 0.6) is 0 Å². The fraction of sp³-hybridized carbons (Fsp3) is 0.0833. The summed E-state index contributed by atoms with van der Waals surface area (Å²) in [6.07, 6.45) is 0. The van der Waals surface area contributed by atoms with Crippen molar-refractivity contribution in [2.24, 2.45) is 0 Å². The Kier molecular flexibility index (Phi) is 5.73. The summed E-state index contributed by atoms with van der Waals surface area (Å²) in [5, 5.41) is 9.66. The largest absolute Gasteiger partial charge is 2.00 e. The standard InChI is InChI=1S/C24H18N4.Pt/c1-3-11-21-19(9-1)23-13-5-7-17(27-23)16-26-22-12-4-2-10-20(22)24-14-6-8-18(28-24)15-25-21;/h1-14H,15-16H2;/q-2;+2. The van der Waals surface area contributed by atoms with Gasteiger partial charge in [-0.2, -0.15) is 0 Å². The van der Waals surface area contributed by atoms with Gasteiger partial charge in [0.25, 0.3) is 0 Å². The first-order chi connectivity index (χ1) is 13.9. The third kappa shape index (κ3) is 4.08. The molecule has 4 bridgehead atoms. The fourth-order valence-electron chi connectivity index (χ4n) is 3.42. The number of rotatable bonds is 0. The van der Waals surface area contributed by atoms with Crippen LogP contribution in [0.3, 0.4) is 0 Å². The monoisotopic (exact) mass is 557 g/mol. The Hall–Kier alpha value is -2.97. The molecule has 144 valence electrons. The number of hydrogen-bond acceptors (Lipinski definition) is 2. The van der Waals surface area contributed by atoms with E-state index in [1.54, 1.807) is 0 Å². The summed E-state index contributed by atoms with van der Waals surface area (Å²) in [7, 11) is 0. The first-order valence-corrected chi connectivity index (χ1v) is 9.32. The number of benzene rings is 2. The Morgan fingerprint density at radius 1 is 0.517 bits per heavy atom. The maximum absolute atomic E-state index is 4.83. The Morgan fingerprint density at radius 2 is 0.966 bits per heavy atom. The molecular formula is C24H18N4Pt. The minimum atomic E-state index is 0. The molecule has 4 aromatic rings. The maximum atomic E-state index is 4.83. The molecule has 0 saturated heterocycles. The third-order valence-corrected chi connectivity index (χ3v) is 4.80. The van der Waals surface area contributed by atoms with Crippen molar-refractivity contribution in [1.82, 2.24) is 9.97 Å². The van der Waals surface area contributed by atoms with Gasteiger partial charge in [-0.05, 0) is 35.4 Å². The summed E-state index contributed by atoms with van der Waals surface area (Å²) >= 11 is 0. The fourth-order valence-corrected chi connectivity index (χ4v) is 3.42. The van der Waals surface area contributed by atoms with Gasteiger partial charge in [-0.15, -0.1) is 11.4 Å². The SMILES string of the molecule is [Pt+2].c1cc2nc(c1)-c1ccccc1[N-]Cc1cccc(n1)-c1ccccc1[N-]C2. The Morgan fingerprint density at radius 3 is 1.45 bits per heavy atom. The van der Waals surface area contributed by atoms with Gasteiger partial charge >= 0.3 is 21.1 Å². The van der Waals surface area contributed by atoms with Gasteiger partial charge < -0.3 is 10.6 Å². The number of fused-ring (bicyclic) bond motifs is 8. The minimum absolute atomic E-state index is 0. The second kappa shape index (κ2) is 8.58. The molecule has 1 aliphatic rings. The summed E-state index contributed by atoms with van der Waals surface area (Å²) < 4.78 is 0. The second-order valence-corrected chi connectivity index (χ2v) is 6.70. The van der Waals surface area contributed by atoms with Crippen molar-refractivity contribution >= 4 is 11.4 Å². The molecule has 2 aromatic heterocycles. The number of nitrogens with zero attached hydrogens (tertiary/aromatic N) is 4. The first-order valence-electron chi connectivity index (χ1n) is 9.32. The maximum Gasteiger partial charge on any atom is 2.00 e. The van der Waals surface area contributed by atoms with Crippen molar-refractivity contribution in [3.63, 3.8) is 0 Å². The van der Waals surface area contributed by atoms with Crippen LogP contribution >= 0.6 is 0 Å². The molecule has 0 spiro atoms. The van der Waals surface area contributed by atoms with Gasteiger partial charge in [-0.3, -0.25) is 9.97 Å². The number of para-hydroxylation sites is 2. The normalized spacial score (nSPS) is 12.1. The van der Waals surface area contributed by atoms with E-state index in [9.17, 15) is 0 Å². The van der Waals surface area contributed by atoms with Crippen molar-refractivity contribution < 1.29 is 21.1 Å². The van der Waals surface area contributed by atoms with Gasteiger partial charge in [-0.1, -0.05) is 73.8 Å². The summed E-state index contributed by atoms with van der Waals surface area (Å²) in [4.78, 5) is 9.67. The summed E-state index contributed by atoms with van der Waals surface area (Å²) in [6, 6.07) is 28.4. The predicted octanol–water partition coefficient (Wildman–Crippen LogP) is 6.53. The van der Waals surface area contributed by atoms with Crippen LogP contribution in [0.15, 0.2) is 84.9 Å². The van der Waals surface area contributed by atoms with Crippen molar-refractivity contribution in [3.8, 4) is 22.5 Å². The molecular weight excluding hydrogens is 539 g/mol. The zero-order valence-corrected chi connectivity index (χ0v) is 17.9. The molecule has 0 atom stereocenters. The quantitative estimate of drug-likeness (QED) is 0.247. The van der Waals surface area contributed by atoms with Crippen molar-refractivity contribution in [3.05, 3.63) is 107 Å². The van der Waals surface area contributed by atoms with Crippen molar-refractivity contribution in [2.45, 2.75) is 13.1 Å².